The fourth-order valence-electron chi connectivity index (χ4n) is 1.74. The van der Waals surface area contributed by atoms with Crippen molar-refractivity contribution < 1.29 is 9.13 Å². The third kappa shape index (κ3) is 3.55. The smallest absolute Gasteiger partial charge is 0.166 e. The molecular formula is C14H15BrFNOS. The fourth-order valence-corrected chi connectivity index (χ4v) is 3.09. The zero-order valence-electron chi connectivity index (χ0n) is 10.7. The first-order chi connectivity index (χ1) is 8.97. The molecule has 2 unspecified atom stereocenters. The molecule has 5 heteroatoms. The lowest BCUT2D eigenvalue weighted by Gasteiger charge is -2.21. The van der Waals surface area contributed by atoms with Crippen LogP contribution >= 0.6 is 27.3 Å². The number of rotatable bonds is 4. The van der Waals surface area contributed by atoms with Crippen LogP contribution in [-0.4, -0.2) is 6.04 Å². The summed E-state index contributed by atoms with van der Waals surface area (Å²) in [7, 11) is 0. The van der Waals surface area contributed by atoms with Crippen LogP contribution in [0.5, 0.6) is 5.75 Å². The highest BCUT2D eigenvalue weighted by atomic mass is 79.9. The summed E-state index contributed by atoms with van der Waals surface area (Å²) in [6, 6.07) is 8.50. The number of nitrogens with two attached hydrogens (primary N) is 1. The Kier molecular flexibility index (Phi) is 4.60. The van der Waals surface area contributed by atoms with Crippen molar-refractivity contribution in [2.24, 2.45) is 5.73 Å². The largest absolute Gasteiger partial charge is 0.480 e. The van der Waals surface area contributed by atoms with E-state index in [1.54, 1.807) is 23.5 Å². The molecule has 0 aliphatic heterocycles. The van der Waals surface area contributed by atoms with Gasteiger partial charge in [-0.25, -0.2) is 4.39 Å². The predicted molar refractivity (Wildman–Crippen MR) is 80.2 cm³/mol. The topological polar surface area (TPSA) is 35.2 Å². The molecule has 0 saturated heterocycles. The molecular weight excluding hydrogens is 329 g/mol. The molecule has 1 aromatic carbocycles. The number of ether oxygens (including phenoxy) is 1. The summed E-state index contributed by atoms with van der Waals surface area (Å²) < 4.78 is 20.2. The summed E-state index contributed by atoms with van der Waals surface area (Å²) >= 11 is 4.84. The van der Waals surface area contributed by atoms with Crippen molar-refractivity contribution in [3.05, 3.63) is 50.4 Å². The maximum absolute atomic E-state index is 13.8. The van der Waals surface area contributed by atoms with Crippen LogP contribution in [0.15, 0.2) is 34.8 Å². The minimum absolute atomic E-state index is 0.219. The molecule has 0 spiro atoms. The van der Waals surface area contributed by atoms with Gasteiger partial charge in [-0.3, -0.25) is 0 Å². The van der Waals surface area contributed by atoms with E-state index in [0.29, 0.717) is 4.47 Å². The van der Waals surface area contributed by atoms with Crippen molar-refractivity contribution in [1.29, 1.82) is 0 Å². The number of aryl methyl sites for hydroxylation is 1. The highest BCUT2D eigenvalue weighted by Crippen LogP contribution is 2.31. The van der Waals surface area contributed by atoms with Gasteiger partial charge in [-0.05, 0) is 44.2 Å². The van der Waals surface area contributed by atoms with Crippen molar-refractivity contribution in [2.75, 3.05) is 0 Å². The van der Waals surface area contributed by atoms with Crippen LogP contribution in [0.1, 0.15) is 22.8 Å². The molecule has 0 amide bonds. The molecule has 0 saturated carbocycles. The van der Waals surface area contributed by atoms with Crippen LogP contribution in [0.25, 0.3) is 0 Å². The highest BCUT2D eigenvalue weighted by Gasteiger charge is 2.21. The third-order valence-corrected chi connectivity index (χ3v) is 4.22. The molecule has 19 heavy (non-hydrogen) atoms. The van der Waals surface area contributed by atoms with Crippen LogP contribution in [0.4, 0.5) is 4.39 Å². The lowest BCUT2D eigenvalue weighted by Crippen LogP contribution is -2.28. The predicted octanol–water partition coefficient (Wildman–Crippen LogP) is 4.43. The number of halogens is 2. The van der Waals surface area contributed by atoms with Gasteiger partial charge in [0.1, 0.15) is 6.10 Å². The van der Waals surface area contributed by atoms with Crippen molar-refractivity contribution in [1.82, 2.24) is 0 Å². The van der Waals surface area contributed by atoms with Gasteiger partial charge in [0.2, 0.25) is 0 Å². The Balaban J connectivity index is 2.26. The molecule has 0 fully saturated rings. The van der Waals surface area contributed by atoms with E-state index in [2.05, 4.69) is 15.9 Å². The highest BCUT2D eigenvalue weighted by molar-refractivity contribution is 9.10. The summed E-state index contributed by atoms with van der Waals surface area (Å²) in [6.07, 6.45) is -0.339. The van der Waals surface area contributed by atoms with Gasteiger partial charge in [0.25, 0.3) is 0 Å². The van der Waals surface area contributed by atoms with Gasteiger partial charge in [-0.1, -0.05) is 15.9 Å². The van der Waals surface area contributed by atoms with E-state index >= 15 is 0 Å². The number of thiophene rings is 1. The first-order valence-corrected chi connectivity index (χ1v) is 7.52. The first-order valence-electron chi connectivity index (χ1n) is 5.91. The number of hydrogen-bond acceptors (Lipinski definition) is 3. The van der Waals surface area contributed by atoms with Crippen molar-refractivity contribution in [2.45, 2.75) is 26.0 Å². The minimum Gasteiger partial charge on any atom is -0.480 e. The van der Waals surface area contributed by atoms with E-state index in [4.69, 9.17) is 10.5 Å². The normalized spacial score (nSPS) is 14.2. The molecule has 1 aromatic heterocycles. The lowest BCUT2D eigenvalue weighted by atomic mass is 10.1. The summed E-state index contributed by atoms with van der Waals surface area (Å²) in [5, 5.41) is 0. The standard InChI is InChI=1S/C14H15BrFNOS/c1-8-3-6-13(19-8)14(9(2)17)18-12-5-4-10(15)7-11(12)16/h3-7,9,14H,17H2,1-2H3. The Morgan fingerprint density at radius 2 is 2.05 bits per heavy atom. The Labute approximate surface area is 124 Å². The quantitative estimate of drug-likeness (QED) is 0.891. The van der Waals surface area contributed by atoms with Crippen LogP contribution in [0.3, 0.4) is 0 Å². The second kappa shape index (κ2) is 6.03. The summed E-state index contributed by atoms with van der Waals surface area (Å²) in [6.45, 7) is 3.88. The Morgan fingerprint density at radius 1 is 1.32 bits per heavy atom. The van der Waals surface area contributed by atoms with Gasteiger partial charge in [0, 0.05) is 20.3 Å². The van der Waals surface area contributed by atoms with Crippen LogP contribution in [-0.2, 0) is 0 Å². The summed E-state index contributed by atoms with van der Waals surface area (Å²) in [5.74, 6) is -0.176. The van der Waals surface area contributed by atoms with E-state index in [0.717, 1.165) is 4.88 Å². The zero-order chi connectivity index (χ0) is 14.0. The van der Waals surface area contributed by atoms with E-state index in [1.807, 2.05) is 26.0 Å². The number of benzene rings is 1. The minimum atomic E-state index is -0.395. The average molecular weight is 344 g/mol. The maximum Gasteiger partial charge on any atom is 0.166 e. The van der Waals surface area contributed by atoms with Gasteiger partial charge in [-0.15, -0.1) is 11.3 Å². The molecule has 0 bridgehead atoms. The first kappa shape index (κ1) is 14.5. The molecule has 2 nitrogen and oxygen atoms in total. The third-order valence-electron chi connectivity index (χ3n) is 2.67. The van der Waals surface area contributed by atoms with Crippen molar-refractivity contribution in [3.63, 3.8) is 0 Å². The van der Waals surface area contributed by atoms with Gasteiger partial charge >= 0.3 is 0 Å². The molecule has 0 aliphatic carbocycles. The zero-order valence-corrected chi connectivity index (χ0v) is 13.1. The molecule has 2 atom stereocenters. The Bertz CT molecular complexity index is 570. The van der Waals surface area contributed by atoms with Gasteiger partial charge in [0.15, 0.2) is 11.6 Å². The second-order valence-electron chi connectivity index (χ2n) is 4.42. The van der Waals surface area contributed by atoms with E-state index in [1.165, 1.54) is 10.9 Å². The van der Waals surface area contributed by atoms with Crippen molar-refractivity contribution in [3.8, 4) is 5.75 Å². The molecule has 2 rings (SSSR count). The molecule has 102 valence electrons. The Hall–Kier alpha value is -0.910. The fraction of sp³-hybridized carbons (Fsp3) is 0.286. The molecule has 0 aliphatic rings. The van der Waals surface area contributed by atoms with Gasteiger partial charge in [-0.2, -0.15) is 0 Å². The number of hydrogen-bond donors (Lipinski definition) is 1. The average Bonchev–Trinajstić information content (AvgIpc) is 2.74. The maximum atomic E-state index is 13.8. The Morgan fingerprint density at radius 3 is 2.58 bits per heavy atom. The molecule has 1 heterocycles. The van der Waals surface area contributed by atoms with Gasteiger partial charge in [0.05, 0.1) is 0 Å². The SMILES string of the molecule is Cc1ccc(C(Oc2ccc(Br)cc2F)C(C)N)s1. The summed E-state index contributed by atoms with van der Waals surface area (Å²) in [4.78, 5) is 2.19. The second-order valence-corrected chi connectivity index (χ2v) is 6.66. The monoisotopic (exact) mass is 343 g/mol. The lowest BCUT2D eigenvalue weighted by molar-refractivity contribution is 0.176. The van der Waals surface area contributed by atoms with Crippen LogP contribution in [0.2, 0.25) is 0 Å². The summed E-state index contributed by atoms with van der Waals surface area (Å²) in [5.41, 5.74) is 5.96. The molecule has 2 N–H and O–H groups in total. The van der Waals surface area contributed by atoms with Crippen LogP contribution in [0, 0.1) is 12.7 Å². The molecule has 0 radical (unpaired) electrons. The van der Waals surface area contributed by atoms with E-state index in [-0.39, 0.29) is 17.9 Å². The van der Waals surface area contributed by atoms with Crippen LogP contribution < -0.4 is 10.5 Å². The van der Waals surface area contributed by atoms with E-state index in [9.17, 15) is 4.39 Å². The van der Waals surface area contributed by atoms with E-state index < -0.39 is 5.82 Å². The van der Waals surface area contributed by atoms with Crippen molar-refractivity contribution >= 4 is 27.3 Å². The van der Waals surface area contributed by atoms with Gasteiger partial charge < -0.3 is 10.5 Å². The molecule has 2 aromatic rings.